The maximum absolute atomic E-state index is 12.2. The van der Waals surface area contributed by atoms with E-state index in [2.05, 4.69) is 5.32 Å². The number of aryl methyl sites for hydroxylation is 5. The quantitative estimate of drug-likeness (QED) is 0.571. The Hall–Kier alpha value is -2.95. The molecule has 0 saturated carbocycles. The van der Waals surface area contributed by atoms with Crippen molar-refractivity contribution in [2.75, 3.05) is 11.9 Å². The molecular weight excluding hydrogens is 354 g/mol. The summed E-state index contributed by atoms with van der Waals surface area (Å²) in [5.41, 5.74) is 6.49. The predicted molar refractivity (Wildman–Crippen MR) is 110 cm³/mol. The van der Waals surface area contributed by atoms with Crippen LogP contribution in [0.15, 0.2) is 30.3 Å². The van der Waals surface area contributed by atoms with Gasteiger partial charge in [0.2, 0.25) is 0 Å². The first-order chi connectivity index (χ1) is 13.2. The average molecular weight is 381 g/mol. The van der Waals surface area contributed by atoms with Gasteiger partial charge in [-0.15, -0.1) is 0 Å². The van der Waals surface area contributed by atoms with Crippen LogP contribution in [0.5, 0.6) is 0 Å². The van der Waals surface area contributed by atoms with E-state index in [1.807, 2.05) is 58.9 Å². The van der Waals surface area contributed by atoms with Crippen LogP contribution < -0.4 is 5.32 Å². The zero-order valence-electron chi connectivity index (χ0n) is 17.1. The number of carbonyl (C=O) groups excluding carboxylic acids is 3. The number of rotatable bonds is 7. The van der Waals surface area contributed by atoms with Gasteiger partial charge in [-0.3, -0.25) is 14.4 Å². The molecule has 0 heterocycles. The molecule has 0 aliphatic heterocycles. The SMILES string of the molecule is Cc1cc(C)c(NC(=O)COC(=O)CCC(=O)c2ccc(C)c(C)c2)c(C)c1. The molecule has 0 unspecified atom stereocenters. The summed E-state index contributed by atoms with van der Waals surface area (Å²) >= 11 is 0. The Labute approximate surface area is 166 Å². The Balaban J connectivity index is 1.81. The highest BCUT2D eigenvalue weighted by molar-refractivity contribution is 5.98. The van der Waals surface area contributed by atoms with Crippen LogP contribution in [0.4, 0.5) is 5.69 Å². The summed E-state index contributed by atoms with van der Waals surface area (Å²) in [5.74, 6) is -1.08. The highest BCUT2D eigenvalue weighted by Crippen LogP contribution is 2.21. The van der Waals surface area contributed by atoms with Crippen molar-refractivity contribution in [1.29, 1.82) is 0 Å². The molecule has 0 atom stereocenters. The summed E-state index contributed by atoms with van der Waals surface area (Å²) in [6.45, 7) is 9.37. The molecule has 0 radical (unpaired) electrons. The number of hydrogen-bond acceptors (Lipinski definition) is 4. The lowest BCUT2D eigenvalue weighted by Gasteiger charge is -2.13. The summed E-state index contributed by atoms with van der Waals surface area (Å²) < 4.78 is 5.01. The van der Waals surface area contributed by atoms with E-state index in [4.69, 9.17) is 4.74 Å². The fraction of sp³-hybridized carbons (Fsp3) is 0.348. The van der Waals surface area contributed by atoms with E-state index in [1.165, 1.54) is 0 Å². The van der Waals surface area contributed by atoms with Gasteiger partial charge >= 0.3 is 5.97 Å². The Morgan fingerprint density at radius 2 is 1.46 bits per heavy atom. The van der Waals surface area contributed by atoms with Crippen molar-refractivity contribution >= 4 is 23.3 Å². The molecule has 148 valence electrons. The third kappa shape index (κ3) is 5.78. The van der Waals surface area contributed by atoms with Crippen LogP contribution in [0.3, 0.4) is 0 Å². The molecular formula is C23H27NO4. The van der Waals surface area contributed by atoms with Gasteiger partial charge in [-0.25, -0.2) is 0 Å². The Kier molecular flexibility index (Phi) is 7.10. The number of benzene rings is 2. The van der Waals surface area contributed by atoms with Crippen molar-refractivity contribution in [3.8, 4) is 0 Å². The fourth-order valence-electron chi connectivity index (χ4n) is 3.05. The number of ketones is 1. The highest BCUT2D eigenvalue weighted by atomic mass is 16.5. The second-order valence-electron chi connectivity index (χ2n) is 7.20. The smallest absolute Gasteiger partial charge is 0.306 e. The first kappa shape index (κ1) is 21.4. The van der Waals surface area contributed by atoms with E-state index in [0.717, 1.165) is 33.5 Å². The number of nitrogens with one attached hydrogen (secondary N) is 1. The van der Waals surface area contributed by atoms with Crippen molar-refractivity contribution in [2.45, 2.75) is 47.5 Å². The number of ether oxygens (including phenoxy) is 1. The van der Waals surface area contributed by atoms with Gasteiger partial charge in [0.1, 0.15) is 0 Å². The number of hydrogen-bond donors (Lipinski definition) is 1. The first-order valence-electron chi connectivity index (χ1n) is 9.31. The van der Waals surface area contributed by atoms with Crippen molar-refractivity contribution < 1.29 is 19.1 Å². The van der Waals surface area contributed by atoms with Crippen LogP contribution in [0.2, 0.25) is 0 Å². The fourth-order valence-corrected chi connectivity index (χ4v) is 3.05. The Morgan fingerprint density at radius 3 is 2.07 bits per heavy atom. The van der Waals surface area contributed by atoms with E-state index in [0.29, 0.717) is 5.56 Å². The zero-order valence-corrected chi connectivity index (χ0v) is 17.1. The van der Waals surface area contributed by atoms with Crippen molar-refractivity contribution in [3.63, 3.8) is 0 Å². The third-order valence-electron chi connectivity index (χ3n) is 4.69. The van der Waals surface area contributed by atoms with Gasteiger partial charge in [-0.2, -0.15) is 0 Å². The topological polar surface area (TPSA) is 72.5 Å². The van der Waals surface area contributed by atoms with Crippen LogP contribution >= 0.6 is 0 Å². The number of esters is 1. The number of carbonyl (C=O) groups is 3. The molecule has 1 amide bonds. The van der Waals surface area contributed by atoms with Crippen LogP contribution in [0, 0.1) is 34.6 Å². The predicted octanol–water partition coefficient (Wildman–Crippen LogP) is 4.37. The molecule has 5 heteroatoms. The second-order valence-corrected chi connectivity index (χ2v) is 7.20. The minimum Gasteiger partial charge on any atom is -0.456 e. The number of Topliss-reactive ketones (excluding diaryl/α,β-unsaturated/α-hetero) is 1. The van der Waals surface area contributed by atoms with Gasteiger partial charge < -0.3 is 10.1 Å². The van der Waals surface area contributed by atoms with E-state index in [1.54, 1.807) is 6.07 Å². The van der Waals surface area contributed by atoms with E-state index >= 15 is 0 Å². The lowest BCUT2D eigenvalue weighted by atomic mass is 10.0. The molecule has 0 aromatic heterocycles. The largest absolute Gasteiger partial charge is 0.456 e. The summed E-state index contributed by atoms with van der Waals surface area (Å²) in [5, 5.41) is 2.78. The lowest BCUT2D eigenvalue weighted by Crippen LogP contribution is -2.22. The molecule has 5 nitrogen and oxygen atoms in total. The maximum Gasteiger partial charge on any atom is 0.306 e. The molecule has 2 aromatic carbocycles. The molecule has 0 aliphatic rings. The lowest BCUT2D eigenvalue weighted by molar-refractivity contribution is -0.147. The molecule has 1 N–H and O–H groups in total. The minimum atomic E-state index is -0.565. The minimum absolute atomic E-state index is 0.0539. The normalized spacial score (nSPS) is 10.5. The van der Waals surface area contributed by atoms with Crippen LogP contribution in [-0.4, -0.2) is 24.3 Å². The van der Waals surface area contributed by atoms with E-state index in [-0.39, 0.29) is 25.2 Å². The molecule has 28 heavy (non-hydrogen) atoms. The second kappa shape index (κ2) is 9.31. The number of anilines is 1. The molecule has 2 rings (SSSR count). The summed E-state index contributed by atoms with van der Waals surface area (Å²) in [6.07, 6.45) is 0.000750. The summed E-state index contributed by atoms with van der Waals surface area (Å²) in [7, 11) is 0. The Bertz CT molecular complexity index is 892. The molecule has 0 aliphatic carbocycles. The van der Waals surface area contributed by atoms with E-state index in [9.17, 15) is 14.4 Å². The monoisotopic (exact) mass is 381 g/mol. The van der Waals surface area contributed by atoms with Gasteiger partial charge in [0, 0.05) is 17.7 Å². The van der Waals surface area contributed by atoms with Gasteiger partial charge in [-0.1, -0.05) is 29.8 Å². The van der Waals surface area contributed by atoms with Crippen LogP contribution in [-0.2, 0) is 14.3 Å². The summed E-state index contributed by atoms with van der Waals surface area (Å²) in [4.78, 5) is 36.2. The van der Waals surface area contributed by atoms with Gasteiger partial charge in [0.05, 0.1) is 6.42 Å². The van der Waals surface area contributed by atoms with Crippen LogP contribution in [0.25, 0.3) is 0 Å². The molecule has 0 saturated heterocycles. The third-order valence-corrected chi connectivity index (χ3v) is 4.69. The molecule has 2 aromatic rings. The standard InChI is InChI=1S/C23H27NO4/c1-14-10-17(4)23(18(5)11-14)24-21(26)13-28-22(27)9-8-20(25)19-7-6-15(2)16(3)12-19/h6-7,10-12H,8-9,13H2,1-5H3,(H,24,26). The molecule has 0 spiro atoms. The molecule has 0 fully saturated rings. The van der Waals surface area contributed by atoms with Gasteiger partial charge in [0.15, 0.2) is 12.4 Å². The van der Waals surface area contributed by atoms with Gasteiger partial charge in [0.25, 0.3) is 5.91 Å². The zero-order chi connectivity index (χ0) is 20.8. The van der Waals surface area contributed by atoms with E-state index < -0.39 is 11.9 Å². The maximum atomic E-state index is 12.2. The van der Waals surface area contributed by atoms with Crippen molar-refractivity contribution in [2.24, 2.45) is 0 Å². The molecule has 0 bridgehead atoms. The number of amides is 1. The van der Waals surface area contributed by atoms with Gasteiger partial charge in [-0.05, 0) is 62.9 Å². The average Bonchev–Trinajstić information content (AvgIpc) is 2.63. The summed E-state index contributed by atoms with van der Waals surface area (Å²) in [6, 6.07) is 9.43. The Morgan fingerprint density at radius 1 is 0.821 bits per heavy atom. The first-order valence-corrected chi connectivity index (χ1v) is 9.31. The van der Waals surface area contributed by atoms with Crippen molar-refractivity contribution in [3.05, 3.63) is 63.7 Å². The van der Waals surface area contributed by atoms with Crippen LogP contribution in [0.1, 0.15) is 51.0 Å². The van der Waals surface area contributed by atoms with Crippen molar-refractivity contribution in [1.82, 2.24) is 0 Å². The highest BCUT2D eigenvalue weighted by Gasteiger charge is 2.14.